The van der Waals surface area contributed by atoms with E-state index in [2.05, 4.69) is 9.72 Å². The number of pyridine rings is 1. The molecule has 0 spiro atoms. The molecule has 0 unspecified atom stereocenters. The lowest BCUT2D eigenvalue weighted by Gasteiger charge is -2.22. The fraction of sp³-hybridized carbons (Fsp3) is 0.571. The highest BCUT2D eigenvalue weighted by Crippen LogP contribution is 2.21. The fourth-order valence-corrected chi connectivity index (χ4v) is 1.84. The molecule has 0 bridgehead atoms. The van der Waals surface area contributed by atoms with Gasteiger partial charge in [0.25, 0.3) is 5.91 Å². The minimum atomic E-state index is -4.47. The zero-order valence-electron chi connectivity index (χ0n) is 12.1. The van der Waals surface area contributed by atoms with E-state index in [1.54, 1.807) is 4.90 Å². The van der Waals surface area contributed by atoms with Gasteiger partial charge in [-0.2, -0.15) is 13.2 Å². The van der Waals surface area contributed by atoms with Crippen molar-refractivity contribution in [2.24, 2.45) is 0 Å². The van der Waals surface area contributed by atoms with Crippen LogP contribution in [0.2, 0.25) is 0 Å². The summed E-state index contributed by atoms with van der Waals surface area (Å²) in [7, 11) is 0. The van der Waals surface area contributed by atoms with E-state index in [9.17, 15) is 18.0 Å². The SMILES string of the molecule is CCCN(CCC)C(=O)c1cccnc1OCC(F)(F)F. The molecule has 1 amide bonds. The predicted molar refractivity (Wildman–Crippen MR) is 72.3 cm³/mol. The van der Waals surface area contributed by atoms with Gasteiger partial charge in [-0.1, -0.05) is 13.8 Å². The minimum absolute atomic E-state index is 0.0589. The summed E-state index contributed by atoms with van der Waals surface area (Å²) < 4.78 is 41.3. The van der Waals surface area contributed by atoms with Crippen LogP contribution in [0.15, 0.2) is 18.3 Å². The van der Waals surface area contributed by atoms with Gasteiger partial charge in [-0.3, -0.25) is 4.79 Å². The Morgan fingerprint density at radius 1 is 1.29 bits per heavy atom. The third-order valence-electron chi connectivity index (χ3n) is 2.65. The molecule has 0 aliphatic rings. The standard InChI is InChI=1S/C14H19F3N2O2/c1-3-8-19(9-4-2)13(20)11-6-5-7-18-12(11)21-10-14(15,16)17/h5-7H,3-4,8-10H2,1-2H3. The average molecular weight is 304 g/mol. The molecule has 1 aromatic rings. The van der Waals surface area contributed by atoms with Crippen molar-refractivity contribution >= 4 is 5.91 Å². The summed E-state index contributed by atoms with van der Waals surface area (Å²) in [5.41, 5.74) is 0.0589. The molecule has 0 radical (unpaired) electrons. The molecule has 0 aromatic carbocycles. The van der Waals surface area contributed by atoms with E-state index >= 15 is 0 Å². The summed E-state index contributed by atoms with van der Waals surface area (Å²) in [5.74, 6) is -0.638. The zero-order valence-corrected chi connectivity index (χ0v) is 12.1. The summed E-state index contributed by atoms with van der Waals surface area (Å²) in [6.45, 7) is 3.48. The van der Waals surface area contributed by atoms with Crippen LogP contribution in [-0.4, -0.2) is 41.7 Å². The molecule has 0 fully saturated rings. The van der Waals surface area contributed by atoms with E-state index in [4.69, 9.17) is 0 Å². The number of carbonyl (C=O) groups excluding carboxylic acids is 1. The van der Waals surface area contributed by atoms with Crippen molar-refractivity contribution in [3.8, 4) is 5.88 Å². The highest BCUT2D eigenvalue weighted by atomic mass is 19.4. The summed E-state index contributed by atoms with van der Waals surface area (Å²) in [6.07, 6.45) is -1.63. The molecule has 118 valence electrons. The Labute approximate surface area is 121 Å². The Kier molecular flexibility index (Phi) is 6.45. The number of aromatic nitrogens is 1. The van der Waals surface area contributed by atoms with Crippen molar-refractivity contribution in [1.82, 2.24) is 9.88 Å². The van der Waals surface area contributed by atoms with Gasteiger partial charge in [0.1, 0.15) is 5.56 Å². The number of alkyl halides is 3. The van der Waals surface area contributed by atoms with Crippen LogP contribution in [0.1, 0.15) is 37.0 Å². The molecule has 4 nitrogen and oxygen atoms in total. The molecule has 1 rings (SSSR count). The molecule has 1 aromatic heterocycles. The maximum absolute atomic E-state index is 12.4. The molecule has 21 heavy (non-hydrogen) atoms. The lowest BCUT2D eigenvalue weighted by Crippen LogP contribution is -2.33. The van der Waals surface area contributed by atoms with Crippen molar-refractivity contribution in [2.75, 3.05) is 19.7 Å². The van der Waals surface area contributed by atoms with Crippen LogP contribution in [0, 0.1) is 0 Å². The second-order valence-corrected chi connectivity index (χ2v) is 4.55. The Balaban J connectivity index is 2.92. The number of ether oxygens (including phenoxy) is 1. The van der Waals surface area contributed by atoms with Gasteiger partial charge in [-0.15, -0.1) is 0 Å². The van der Waals surface area contributed by atoms with Gasteiger partial charge in [-0.05, 0) is 25.0 Å². The van der Waals surface area contributed by atoms with Crippen LogP contribution < -0.4 is 4.74 Å². The molecule has 0 atom stereocenters. The van der Waals surface area contributed by atoms with Gasteiger partial charge in [0, 0.05) is 19.3 Å². The fourth-order valence-electron chi connectivity index (χ4n) is 1.84. The summed E-state index contributed by atoms with van der Waals surface area (Å²) >= 11 is 0. The van der Waals surface area contributed by atoms with Crippen LogP contribution >= 0.6 is 0 Å². The summed E-state index contributed by atoms with van der Waals surface area (Å²) in [4.78, 5) is 17.7. The largest absolute Gasteiger partial charge is 0.467 e. The lowest BCUT2D eigenvalue weighted by molar-refractivity contribution is -0.154. The first-order valence-corrected chi connectivity index (χ1v) is 6.82. The monoisotopic (exact) mass is 304 g/mol. The number of hydrogen-bond acceptors (Lipinski definition) is 3. The Morgan fingerprint density at radius 3 is 2.43 bits per heavy atom. The van der Waals surface area contributed by atoms with Crippen LogP contribution in [0.5, 0.6) is 5.88 Å². The van der Waals surface area contributed by atoms with E-state index in [1.807, 2.05) is 13.8 Å². The van der Waals surface area contributed by atoms with Crippen molar-refractivity contribution in [3.05, 3.63) is 23.9 Å². The number of rotatable bonds is 7. The van der Waals surface area contributed by atoms with E-state index in [0.29, 0.717) is 13.1 Å². The number of halogens is 3. The molecule has 0 saturated carbocycles. The lowest BCUT2D eigenvalue weighted by atomic mass is 10.2. The van der Waals surface area contributed by atoms with E-state index in [0.717, 1.165) is 12.8 Å². The predicted octanol–water partition coefficient (Wildman–Crippen LogP) is 3.28. The highest BCUT2D eigenvalue weighted by Gasteiger charge is 2.30. The van der Waals surface area contributed by atoms with Crippen molar-refractivity contribution in [2.45, 2.75) is 32.9 Å². The van der Waals surface area contributed by atoms with Gasteiger partial charge < -0.3 is 9.64 Å². The van der Waals surface area contributed by atoms with Gasteiger partial charge in [0.05, 0.1) is 0 Å². The molecular weight excluding hydrogens is 285 g/mol. The third kappa shape index (κ3) is 5.61. The molecule has 0 aliphatic heterocycles. The Morgan fingerprint density at radius 2 is 1.90 bits per heavy atom. The summed E-state index contributed by atoms with van der Waals surface area (Å²) in [6, 6.07) is 2.93. The van der Waals surface area contributed by atoms with E-state index in [-0.39, 0.29) is 17.4 Å². The molecular formula is C14H19F3N2O2. The number of hydrogen-bond donors (Lipinski definition) is 0. The van der Waals surface area contributed by atoms with Gasteiger partial charge in [0.2, 0.25) is 5.88 Å². The minimum Gasteiger partial charge on any atom is -0.467 e. The quantitative estimate of drug-likeness (QED) is 0.776. The molecule has 0 saturated heterocycles. The molecule has 7 heteroatoms. The second-order valence-electron chi connectivity index (χ2n) is 4.55. The average Bonchev–Trinajstić information content (AvgIpc) is 2.44. The number of carbonyl (C=O) groups is 1. The molecule has 1 heterocycles. The van der Waals surface area contributed by atoms with Gasteiger partial charge in [-0.25, -0.2) is 4.98 Å². The Bertz CT molecular complexity index is 458. The van der Waals surface area contributed by atoms with Gasteiger partial charge >= 0.3 is 6.18 Å². The third-order valence-corrected chi connectivity index (χ3v) is 2.65. The maximum atomic E-state index is 12.4. The topological polar surface area (TPSA) is 42.4 Å². The highest BCUT2D eigenvalue weighted by molar-refractivity contribution is 5.96. The second kappa shape index (κ2) is 7.85. The first kappa shape index (κ1) is 17.3. The van der Waals surface area contributed by atoms with E-state index < -0.39 is 12.8 Å². The van der Waals surface area contributed by atoms with Crippen LogP contribution in [0.3, 0.4) is 0 Å². The van der Waals surface area contributed by atoms with E-state index in [1.165, 1.54) is 18.3 Å². The van der Waals surface area contributed by atoms with Crippen LogP contribution in [0.25, 0.3) is 0 Å². The van der Waals surface area contributed by atoms with Gasteiger partial charge in [0.15, 0.2) is 6.61 Å². The zero-order chi connectivity index (χ0) is 15.9. The normalized spacial score (nSPS) is 11.3. The first-order valence-electron chi connectivity index (χ1n) is 6.82. The van der Waals surface area contributed by atoms with Crippen molar-refractivity contribution < 1.29 is 22.7 Å². The van der Waals surface area contributed by atoms with Crippen molar-refractivity contribution in [1.29, 1.82) is 0 Å². The van der Waals surface area contributed by atoms with Crippen LogP contribution in [-0.2, 0) is 0 Å². The maximum Gasteiger partial charge on any atom is 0.422 e. The first-order chi connectivity index (χ1) is 9.89. The van der Waals surface area contributed by atoms with Crippen LogP contribution in [0.4, 0.5) is 13.2 Å². The molecule has 0 N–H and O–H groups in total. The number of amides is 1. The van der Waals surface area contributed by atoms with Crippen molar-refractivity contribution in [3.63, 3.8) is 0 Å². The summed E-state index contributed by atoms with van der Waals surface area (Å²) in [5, 5.41) is 0. The smallest absolute Gasteiger partial charge is 0.422 e. The number of nitrogens with zero attached hydrogens (tertiary/aromatic N) is 2. The molecule has 0 aliphatic carbocycles. The Hall–Kier alpha value is -1.79.